The Hall–Kier alpha value is -3.02. The van der Waals surface area contributed by atoms with Gasteiger partial charge in [0.05, 0.1) is 12.5 Å². The Morgan fingerprint density at radius 3 is 2.26 bits per heavy atom. The molecule has 0 radical (unpaired) electrons. The molecule has 142 valence electrons. The van der Waals surface area contributed by atoms with E-state index in [0.29, 0.717) is 32.5 Å². The Morgan fingerprint density at radius 1 is 1.07 bits per heavy atom. The number of ether oxygens (including phenoxy) is 1. The van der Waals surface area contributed by atoms with Crippen LogP contribution in [0.4, 0.5) is 4.79 Å². The molecule has 0 saturated carbocycles. The number of nitrogens with one attached hydrogen (secondary N) is 1. The molecule has 0 aliphatic carbocycles. The predicted molar refractivity (Wildman–Crippen MR) is 102 cm³/mol. The van der Waals surface area contributed by atoms with Crippen LogP contribution in [0.15, 0.2) is 54.6 Å². The number of hydrogen-bond donors (Lipinski definition) is 2. The highest BCUT2D eigenvalue weighted by Crippen LogP contribution is 2.36. The van der Waals surface area contributed by atoms with Gasteiger partial charge >= 0.3 is 6.09 Å². The molecule has 0 unspecified atom stereocenters. The Morgan fingerprint density at radius 2 is 1.70 bits per heavy atom. The summed E-state index contributed by atoms with van der Waals surface area (Å²) in [6, 6.07) is 17.2. The summed E-state index contributed by atoms with van der Waals surface area (Å²) < 4.78 is 5.15. The summed E-state index contributed by atoms with van der Waals surface area (Å²) in [4.78, 5) is 25.8. The molecule has 27 heavy (non-hydrogen) atoms. The maximum Gasteiger partial charge on any atom is 0.407 e. The van der Waals surface area contributed by atoms with Crippen molar-refractivity contribution in [2.75, 3.05) is 20.2 Å². The van der Waals surface area contributed by atoms with E-state index in [1.54, 1.807) is 7.11 Å². The van der Waals surface area contributed by atoms with Crippen LogP contribution in [0.2, 0.25) is 0 Å². The molecule has 0 spiro atoms. The van der Waals surface area contributed by atoms with Gasteiger partial charge in [0.15, 0.2) is 0 Å². The number of piperidine rings is 1. The van der Waals surface area contributed by atoms with Gasteiger partial charge in [0.1, 0.15) is 5.75 Å². The van der Waals surface area contributed by atoms with E-state index in [9.17, 15) is 14.7 Å². The lowest BCUT2D eigenvalue weighted by molar-refractivity contribution is -0.128. The van der Waals surface area contributed by atoms with E-state index >= 15 is 0 Å². The van der Waals surface area contributed by atoms with Crippen molar-refractivity contribution in [1.82, 2.24) is 10.2 Å². The summed E-state index contributed by atoms with van der Waals surface area (Å²) in [6.45, 7) is 1.11. The maximum absolute atomic E-state index is 13.2. The van der Waals surface area contributed by atoms with E-state index in [1.165, 1.54) is 4.90 Å². The lowest BCUT2D eigenvalue weighted by Gasteiger charge is -2.40. The van der Waals surface area contributed by atoms with Crippen LogP contribution in [0.5, 0.6) is 5.75 Å². The lowest BCUT2D eigenvalue weighted by Crippen LogP contribution is -2.52. The zero-order chi connectivity index (χ0) is 19.3. The topological polar surface area (TPSA) is 78.9 Å². The monoisotopic (exact) mass is 368 g/mol. The quantitative estimate of drug-likeness (QED) is 0.850. The van der Waals surface area contributed by atoms with Crippen LogP contribution in [0.3, 0.4) is 0 Å². The van der Waals surface area contributed by atoms with Crippen LogP contribution in [0.25, 0.3) is 0 Å². The zero-order valence-electron chi connectivity index (χ0n) is 15.4. The smallest absolute Gasteiger partial charge is 0.407 e. The number of carbonyl (C=O) groups excluding carboxylic acids is 1. The molecule has 3 rings (SSSR count). The molecule has 1 aliphatic rings. The number of nitrogens with zero attached hydrogens (tertiary/aromatic N) is 1. The minimum Gasteiger partial charge on any atom is -0.497 e. The van der Waals surface area contributed by atoms with E-state index in [2.05, 4.69) is 5.32 Å². The fourth-order valence-electron chi connectivity index (χ4n) is 3.58. The third kappa shape index (κ3) is 4.05. The number of carbonyl (C=O) groups is 2. The Kier molecular flexibility index (Phi) is 5.64. The number of rotatable bonds is 5. The van der Waals surface area contributed by atoms with Crippen molar-refractivity contribution in [3.8, 4) is 5.75 Å². The molecular weight excluding hydrogens is 344 g/mol. The molecule has 1 saturated heterocycles. The molecule has 2 N–H and O–H groups in total. The molecule has 6 nitrogen and oxygen atoms in total. The summed E-state index contributed by atoms with van der Waals surface area (Å²) >= 11 is 0. The number of methoxy groups -OCH3 is 1. The first-order chi connectivity index (χ1) is 13.0. The van der Waals surface area contributed by atoms with Crippen molar-refractivity contribution in [3.05, 3.63) is 65.7 Å². The second kappa shape index (κ2) is 8.12. The van der Waals surface area contributed by atoms with Crippen molar-refractivity contribution in [2.24, 2.45) is 0 Å². The molecule has 0 atom stereocenters. The summed E-state index contributed by atoms with van der Waals surface area (Å²) in [5, 5.41) is 12.3. The molecular formula is C21H24N2O4. The van der Waals surface area contributed by atoms with Crippen LogP contribution in [0.1, 0.15) is 24.0 Å². The van der Waals surface area contributed by atoms with Crippen molar-refractivity contribution in [2.45, 2.75) is 24.8 Å². The maximum atomic E-state index is 13.2. The number of amides is 2. The van der Waals surface area contributed by atoms with Gasteiger partial charge in [0, 0.05) is 19.6 Å². The molecule has 2 amide bonds. The molecule has 1 fully saturated rings. The normalized spacial score (nSPS) is 15.8. The standard InChI is InChI=1S/C21H24N2O4/c1-27-18-9-7-16(8-10-18)15-22-19(24)21(17-5-3-2-4-6-17)11-13-23(14-12-21)20(25)26/h2-10H,11-15H2,1H3,(H,22,24)(H,25,26). The molecule has 0 bridgehead atoms. The molecule has 1 heterocycles. The minimum atomic E-state index is -0.935. The molecule has 6 heteroatoms. The molecule has 2 aromatic rings. The zero-order valence-corrected chi connectivity index (χ0v) is 15.4. The van der Waals surface area contributed by atoms with Crippen molar-refractivity contribution < 1.29 is 19.4 Å². The Bertz CT molecular complexity index is 782. The first-order valence-corrected chi connectivity index (χ1v) is 9.00. The number of likely N-dealkylation sites (tertiary alicyclic amines) is 1. The fourth-order valence-corrected chi connectivity index (χ4v) is 3.58. The second-order valence-electron chi connectivity index (χ2n) is 6.75. The van der Waals surface area contributed by atoms with Crippen LogP contribution >= 0.6 is 0 Å². The van der Waals surface area contributed by atoms with Gasteiger partial charge in [-0.15, -0.1) is 0 Å². The number of hydrogen-bond acceptors (Lipinski definition) is 3. The van der Waals surface area contributed by atoms with Gasteiger partial charge in [-0.3, -0.25) is 4.79 Å². The lowest BCUT2D eigenvalue weighted by atomic mass is 9.72. The number of carboxylic acid groups (broad SMARTS) is 1. The Labute approximate surface area is 158 Å². The Balaban J connectivity index is 1.76. The number of benzene rings is 2. The average molecular weight is 368 g/mol. The highest BCUT2D eigenvalue weighted by molar-refractivity contribution is 5.88. The minimum absolute atomic E-state index is 0.0606. The summed E-state index contributed by atoms with van der Waals surface area (Å²) in [5.74, 6) is 0.710. The van der Waals surface area contributed by atoms with Gasteiger partial charge in [-0.2, -0.15) is 0 Å². The van der Waals surface area contributed by atoms with Crippen molar-refractivity contribution in [1.29, 1.82) is 0 Å². The highest BCUT2D eigenvalue weighted by atomic mass is 16.5. The van der Waals surface area contributed by atoms with Crippen LogP contribution < -0.4 is 10.1 Å². The first-order valence-electron chi connectivity index (χ1n) is 9.00. The van der Waals surface area contributed by atoms with Gasteiger partial charge in [0.25, 0.3) is 0 Å². The van der Waals surface area contributed by atoms with Crippen LogP contribution in [-0.2, 0) is 16.8 Å². The van der Waals surface area contributed by atoms with E-state index in [0.717, 1.165) is 16.9 Å². The van der Waals surface area contributed by atoms with Gasteiger partial charge < -0.3 is 20.1 Å². The summed E-state index contributed by atoms with van der Waals surface area (Å²) in [7, 11) is 1.61. The molecule has 2 aromatic carbocycles. The van der Waals surface area contributed by atoms with E-state index in [4.69, 9.17) is 4.74 Å². The summed E-state index contributed by atoms with van der Waals surface area (Å²) in [6.07, 6.45) is 0.00509. The van der Waals surface area contributed by atoms with E-state index < -0.39 is 11.5 Å². The summed E-state index contributed by atoms with van der Waals surface area (Å²) in [5.41, 5.74) is 1.21. The molecule has 0 aromatic heterocycles. The van der Waals surface area contributed by atoms with E-state index in [1.807, 2.05) is 54.6 Å². The van der Waals surface area contributed by atoms with Gasteiger partial charge in [-0.25, -0.2) is 4.79 Å². The van der Waals surface area contributed by atoms with Crippen molar-refractivity contribution in [3.63, 3.8) is 0 Å². The average Bonchev–Trinajstić information content (AvgIpc) is 2.73. The SMILES string of the molecule is COc1ccc(CNC(=O)C2(c3ccccc3)CCN(C(=O)O)CC2)cc1. The van der Waals surface area contributed by atoms with E-state index in [-0.39, 0.29) is 5.91 Å². The molecule has 1 aliphatic heterocycles. The first kappa shape index (κ1) is 18.8. The largest absolute Gasteiger partial charge is 0.497 e. The second-order valence-corrected chi connectivity index (χ2v) is 6.75. The van der Waals surface area contributed by atoms with Crippen LogP contribution in [0, 0.1) is 0 Å². The van der Waals surface area contributed by atoms with Crippen molar-refractivity contribution >= 4 is 12.0 Å². The van der Waals surface area contributed by atoms with Crippen LogP contribution in [-0.4, -0.2) is 42.2 Å². The van der Waals surface area contributed by atoms with Gasteiger partial charge in [-0.05, 0) is 36.1 Å². The highest BCUT2D eigenvalue weighted by Gasteiger charge is 2.43. The third-order valence-electron chi connectivity index (χ3n) is 5.26. The predicted octanol–water partition coefficient (Wildman–Crippen LogP) is 3.02. The third-order valence-corrected chi connectivity index (χ3v) is 5.26. The van der Waals surface area contributed by atoms with Gasteiger partial charge in [-0.1, -0.05) is 42.5 Å². The fraction of sp³-hybridized carbons (Fsp3) is 0.333. The van der Waals surface area contributed by atoms with Gasteiger partial charge in [0.2, 0.25) is 5.91 Å².